The molecular weight excluding hydrogens is 212 g/mol. The van der Waals surface area contributed by atoms with Gasteiger partial charge in [-0.25, -0.2) is 0 Å². The summed E-state index contributed by atoms with van der Waals surface area (Å²) in [4.78, 5) is 11.6. The van der Waals surface area contributed by atoms with E-state index in [9.17, 15) is 4.79 Å². The van der Waals surface area contributed by atoms with Crippen molar-refractivity contribution in [3.63, 3.8) is 0 Å². The normalized spacial score (nSPS) is 11.2. The molecule has 0 spiro atoms. The predicted molar refractivity (Wildman–Crippen MR) is 70.7 cm³/mol. The number of carbonyl (C=O) groups excluding carboxylic acids is 1. The van der Waals surface area contributed by atoms with Gasteiger partial charge in [0.1, 0.15) is 0 Å². The van der Waals surface area contributed by atoms with Crippen molar-refractivity contribution in [3.05, 3.63) is 35.9 Å². The Hall–Kier alpha value is -1.35. The Morgan fingerprint density at radius 2 is 1.88 bits per heavy atom. The highest BCUT2D eigenvalue weighted by Gasteiger charge is 2.14. The summed E-state index contributed by atoms with van der Waals surface area (Å²) in [5.74, 6) is 0.0374. The highest BCUT2D eigenvalue weighted by atomic mass is 16.1. The molecule has 1 amide bonds. The van der Waals surface area contributed by atoms with E-state index in [1.807, 2.05) is 30.3 Å². The molecule has 0 aliphatic rings. The van der Waals surface area contributed by atoms with Crippen LogP contribution < -0.4 is 10.6 Å². The van der Waals surface area contributed by atoms with Crippen LogP contribution in [0.15, 0.2) is 30.3 Å². The molecule has 0 radical (unpaired) electrons. The summed E-state index contributed by atoms with van der Waals surface area (Å²) in [6.07, 6.45) is 0.999. The Bertz CT molecular complexity index is 346. The quantitative estimate of drug-likeness (QED) is 0.791. The molecule has 94 valence electrons. The van der Waals surface area contributed by atoms with Gasteiger partial charge in [-0.2, -0.15) is 0 Å². The Morgan fingerprint density at radius 3 is 2.47 bits per heavy atom. The second-order valence-corrected chi connectivity index (χ2v) is 4.85. The summed E-state index contributed by atoms with van der Waals surface area (Å²) in [5, 5.41) is 6.13. The zero-order chi connectivity index (χ0) is 12.7. The van der Waals surface area contributed by atoms with Gasteiger partial charge in [-0.1, -0.05) is 37.3 Å². The number of carbonyl (C=O) groups is 1. The van der Waals surface area contributed by atoms with Crippen LogP contribution in [-0.2, 0) is 11.3 Å². The Kier molecular flexibility index (Phi) is 5.16. The van der Waals surface area contributed by atoms with Gasteiger partial charge in [-0.05, 0) is 25.8 Å². The fraction of sp³-hybridized carbons (Fsp3) is 0.500. The molecule has 0 aliphatic carbocycles. The van der Waals surface area contributed by atoms with Crippen LogP contribution in [0.1, 0.15) is 32.8 Å². The van der Waals surface area contributed by atoms with Gasteiger partial charge >= 0.3 is 0 Å². The largest absolute Gasteiger partial charge is 0.351 e. The molecule has 17 heavy (non-hydrogen) atoms. The number of benzene rings is 1. The smallest absolute Gasteiger partial charge is 0.234 e. The first-order valence-corrected chi connectivity index (χ1v) is 6.09. The lowest BCUT2D eigenvalue weighted by Gasteiger charge is -2.24. The van der Waals surface area contributed by atoms with Crippen molar-refractivity contribution in [1.82, 2.24) is 10.6 Å². The van der Waals surface area contributed by atoms with E-state index >= 15 is 0 Å². The minimum Gasteiger partial charge on any atom is -0.351 e. The van der Waals surface area contributed by atoms with Crippen molar-refractivity contribution < 1.29 is 4.79 Å². The van der Waals surface area contributed by atoms with Gasteiger partial charge < -0.3 is 10.6 Å². The minimum absolute atomic E-state index is 0.0179. The number of rotatable bonds is 6. The van der Waals surface area contributed by atoms with E-state index in [2.05, 4.69) is 31.4 Å². The Balaban J connectivity index is 2.27. The molecule has 1 aromatic rings. The Labute approximate surface area is 104 Å². The van der Waals surface area contributed by atoms with E-state index in [1.165, 1.54) is 0 Å². The Morgan fingerprint density at radius 1 is 1.24 bits per heavy atom. The van der Waals surface area contributed by atoms with Crippen LogP contribution in [0.25, 0.3) is 0 Å². The summed E-state index contributed by atoms with van der Waals surface area (Å²) in [7, 11) is 0. The summed E-state index contributed by atoms with van der Waals surface area (Å²) >= 11 is 0. The lowest BCUT2D eigenvalue weighted by molar-refractivity contribution is -0.120. The van der Waals surface area contributed by atoms with Gasteiger partial charge in [0.2, 0.25) is 5.91 Å². The van der Waals surface area contributed by atoms with E-state index in [4.69, 9.17) is 0 Å². The SMILES string of the molecule is CCC(C)(C)NCC(=O)NCc1ccccc1. The van der Waals surface area contributed by atoms with Gasteiger partial charge in [-0.15, -0.1) is 0 Å². The number of nitrogens with one attached hydrogen (secondary N) is 2. The average Bonchev–Trinajstić information content (AvgIpc) is 2.35. The fourth-order valence-electron chi connectivity index (χ4n) is 1.30. The zero-order valence-electron chi connectivity index (χ0n) is 10.9. The topological polar surface area (TPSA) is 41.1 Å². The second-order valence-electron chi connectivity index (χ2n) is 4.85. The third kappa shape index (κ3) is 5.50. The van der Waals surface area contributed by atoms with Gasteiger partial charge in [0.25, 0.3) is 0 Å². The number of hydrogen-bond acceptors (Lipinski definition) is 2. The minimum atomic E-state index is 0.0179. The molecular formula is C14H22N2O. The van der Waals surface area contributed by atoms with Crippen LogP contribution in [0.4, 0.5) is 0 Å². The van der Waals surface area contributed by atoms with Crippen LogP contribution in [0.2, 0.25) is 0 Å². The van der Waals surface area contributed by atoms with E-state index in [0.717, 1.165) is 12.0 Å². The van der Waals surface area contributed by atoms with Crippen molar-refractivity contribution in [2.24, 2.45) is 0 Å². The molecule has 0 fully saturated rings. The second kappa shape index (κ2) is 6.40. The number of amides is 1. The van der Waals surface area contributed by atoms with E-state index < -0.39 is 0 Å². The molecule has 0 saturated carbocycles. The first-order valence-electron chi connectivity index (χ1n) is 6.09. The van der Waals surface area contributed by atoms with Crippen LogP contribution in [0, 0.1) is 0 Å². The van der Waals surface area contributed by atoms with Crippen LogP contribution in [0.3, 0.4) is 0 Å². The summed E-state index contributed by atoms with van der Waals surface area (Å²) in [5.41, 5.74) is 1.14. The van der Waals surface area contributed by atoms with Gasteiger partial charge in [0.15, 0.2) is 0 Å². The summed E-state index contributed by atoms with van der Waals surface area (Å²) < 4.78 is 0. The zero-order valence-corrected chi connectivity index (χ0v) is 10.9. The highest BCUT2D eigenvalue weighted by Crippen LogP contribution is 2.05. The van der Waals surface area contributed by atoms with Crippen molar-refractivity contribution in [3.8, 4) is 0 Å². The molecule has 0 unspecified atom stereocenters. The molecule has 3 heteroatoms. The fourth-order valence-corrected chi connectivity index (χ4v) is 1.30. The maximum atomic E-state index is 11.6. The first-order chi connectivity index (χ1) is 8.03. The first kappa shape index (κ1) is 13.7. The molecule has 1 aromatic carbocycles. The van der Waals surface area contributed by atoms with E-state index in [0.29, 0.717) is 13.1 Å². The molecule has 2 N–H and O–H groups in total. The average molecular weight is 234 g/mol. The van der Waals surface area contributed by atoms with Crippen LogP contribution >= 0.6 is 0 Å². The van der Waals surface area contributed by atoms with Crippen molar-refractivity contribution >= 4 is 5.91 Å². The third-order valence-corrected chi connectivity index (χ3v) is 2.94. The molecule has 3 nitrogen and oxygen atoms in total. The van der Waals surface area contributed by atoms with Crippen molar-refractivity contribution in [1.29, 1.82) is 0 Å². The lowest BCUT2D eigenvalue weighted by atomic mass is 10.0. The molecule has 0 aliphatic heterocycles. The lowest BCUT2D eigenvalue weighted by Crippen LogP contribution is -2.44. The highest BCUT2D eigenvalue weighted by molar-refractivity contribution is 5.78. The predicted octanol–water partition coefficient (Wildman–Crippen LogP) is 2.08. The monoisotopic (exact) mass is 234 g/mol. The molecule has 0 bridgehead atoms. The standard InChI is InChI=1S/C14H22N2O/c1-4-14(2,3)16-11-13(17)15-10-12-8-6-5-7-9-12/h5-9,16H,4,10-11H2,1-3H3,(H,15,17). The summed E-state index contributed by atoms with van der Waals surface area (Å²) in [6, 6.07) is 9.92. The van der Waals surface area contributed by atoms with E-state index in [1.54, 1.807) is 0 Å². The van der Waals surface area contributed by atoms with Crippen LogP contribution in [-0.4, -0.2) is 18.0 Å². The maximum Gasteiger partial charge on any atom is 0.234 e. The van der Waals surface area contributed by atoms with Gasteiger partial charge in [0.05, 0.1) is 6.54 Å². The summed E-state index contributed by atoms with van der Waals surface area (Å²) in [6.45, 7) is 7.26. The maximum absolute atomic E-state index is 11.6. The van der Waals surface area contributed by atoms with Crippen molar-refractivity contribution in [2.75, 3.05) is 6.54 Å². The van der Waals surface area contributed by atoms with Crippen LogP contribution in [0.5, 0.6) is 0 Å². The molecule has 0 saturated heterocycles. The van der Waals surface area contributed by atoms with E-state index in [-0.39, 0.29) is 11.4 Å². The molecule has 0 aromatic heterocycles. The van der Waals surface area contributed by atoms with Gasteiger partial charge in [-0.3, -0.25) is 4.79 Å². The molecule has 0 heterocycles. The number of hydrogen-bond donors (Lipinski definition) is 2. The molecule has 0 atom stereocenters. The third-order valence-electron chi connectivity index (χ3n) is 2.94. The molecule has 1 rings (SSSR count). The van der Waals surface area contributed by atoms with Gasteiger partial charge in [0, 0.05) is 12.1 Å². The van der Waals surface area contributed by atoms with Crippen molar-refractivity contribution in [2.45, 2.75) is 39.3 Å².